The molecule has 0 atom stereocenters. The van der Waals surface area contributed by atoms with Crippen LogP contribution in [0.25, 0.3) is 0 Å². The van der Waals surface area contributed by atoms with Crippen LogP contribution in [0.1, 0.15) is 40.0 Å². The number of nitrogens with one attached hydrogen (secondary N) is 1. The van der Waals surface area contributed by atoms with Crippen molar-refractivity contribution in [2.24, 2.45) is 0 Å². The molecule has 96 valence electrons. The van der Waals surface area contributed by atoms with Gasteiger partial charge in [0.1, 0.15) is 5.75 Å². The zero-order valence-corrected chi connectivity index (χ0v) is 11.7. The zero-order valence-electron chi connectivity index (χ0n) is 10.9. The van der Waals surface area contributed by atoms with E-state index in [1.54, 1.807) is 0 Å². The molecule has 0 aliphatic carbocycles. The summed E-state index contributed by atoms with van der Waals surface area (Å²) in [4.78, 5) is 0. The van der Waals surface area contributed by atoms with E-state index in [0.29, 0.717) is 6.04 Å². The molecule has 0 unspecified atom stereocenters. The Bertz CT molecular complexity index is 337. The van der Waals surface area contributed by atoms with Crippen LogP contribution in [-0.4, -0.2) is 12.6 Å². The molecular weight excluding hydrogens is 234 g/mol. The molecule has 17 heavy (non-hydrogen) atoms. The van der Waals surface area contributed by atoms with Crippen LogP contribution in [0.4, 0.5) is 5.69 Å². The molecule has 0 saturated carbocycles. The molecule has 1 rings (SSSR count). The molecular formula is C14H22ClNO. The van der Waals surface area contributed by atoms with E-state index in [4.69, 9.17) is 16.3 Å². The second-order valence-electron chi connectivity index (χ2n) is 4.15. The number of benzene rings is 1. The van der Waals surface area contributed by atoms with E-state index in [-0.39, 0.29) is 0 Å². The largest absolute Gasteiger partial charge is 0.491 e. The molecule has 0 saturated heterocycles. The first kappa shape index (κ1) is 14.2. The van der Waals surface area contributed by atoms with Crippen LogP contribution in [0.5, 0.6) is 5.75 Å². The standard InChI is InChI=1S/C14H22ClNO/c1-4-9-17-14-8-7-11(15)10-13(14)16-12(5-2)6-3/h7-8,10,12,16H,4-6,9H2,1-3H3. The molecule has 1 N–H and O–H groups in total. The number of anilines is 1. The third-order valence-electron chi connectivity index (χ3n) is 2.75. The van der Waals surface area contributed by atoms with Crippen LogP contribution in [0.3, 0.4) is 0 Å². The SMILES string of the molecule is CCCOc1ccc(Cl)cc1NC(CC)CC. The van der Waals surface area contributed by atoms with Crippen LogP contribution >= 0.6 is 11.6 Å². The number of halogens is 1. The van der Waals surface area contributed by atoms with Crippen molar-refractivity contribution in [2.45, 2.75) is 46.1 Å². The van der Waals surface area contributed by atoms with Crippen molar-refractivity contribution < 1.29 is 4.74 Å². The summed E-state index contributed by atoms with van der Waals surface area (Å²) in [5, 5.41) is 4.23. The van der Waals surface area contributed by atoms with E-state index in [1.807, 2.05) is 18.2 Å². The Kier molecular flexibility index (Phi) is 6.20. The lowest BCUT2D eigenvalue weighted by Crippen LogP contribution is -2.17. The Labute approximate surface area is 109 Å². The lowest BCUT2D eigenvalue weighted by molar-refractivity contribution is 0.318. The van der Waals surface area contributed by atoms with Gasteiger partial charge >= 0.3 is 0 Å². The van der Waals surface area contributed by atoms with Crippen molar-refractivity contribution in [3.05, 3.63) is 23.2 Å². The van der Waals surface area contributed by atoms with Gasteiger partial charge in [-0.15, -0.1) is 0 Å². The number of ether oxygens (including phenoxy) is 1. The lowest BCUT2D eigenvalue weighted by atomic mass is 10.1. The van der Waals surface area contributed by atoms with Crippen molar-refractivity contribution in [3.63, 3.8) is 0 Å². The Hall–Kier alpha value is -0.890. The van der Waals surface area contributed by atoms with Crippen LogP contribution in [0, 0.1) is 0 Å². The summed E-state index contributed by atoms with van der Waals surface area (Å²) in [6, 6.07) is 6.20. The highest BCUT2D eigenvalue weighted by molar-refractivity contribution is 6.30. The normalized spacial score (nSPS) is 10.6. The fourth-order valence-corrected chi connectivity index (χ4v) is 1.84. The lowest BCUT2D eigenvalue weighted by Gasteiger charge is -2.19. The summed E-state index contributed by atoms with van der Waals surface area (Å²) in [7, 11) is 0. The minimum Gasteiger partial charge on any atom is -0.491 e. The van der Waals surface area contributed by atoms with Gasteiger partial charge in [0.15, 0.2) is 0 Å². The average Bonchev–Trinajstić information content (AvgIpc) is 2.35. The summed E-state index contributed by atoms with van der Waals surface area (Å²) in [6.45, 7) is 7.19. The Morgan fingerprint density at radius 2 is 1.94 bits per heavy atom. The fraction of sp³-hybridized carbons (Fsp3) is 0.571. The molecule has 1 aromatic carbocycles. The topological polar surface area (TPSA) is 21.3 Å². The summed E-state index contributed by atoms with van der Waals surface area (Å²) < 4.78 is 5.71. The highest BCUT2D eigenvalue weighted by Gasteiger charge is 2.09. The van der Waals surface area contributed by atoms with E-state index < -0.39 is 0 Å². The summed E-state index contributed by atoms with van der Waals surface area (Å²) >= 11 is 6.03. The summed E-state index contributed by atoms with van der Waals surface area (Å²) in [6.07, 6.45) is 3.19. The maximum absolute atomic E-state index is 6.03. The Morgan fingerprint density at radius 3 is 2.53 bits per heavy atom. The van der Waals surface area contributed by atoms with E-state index >= 15 is 0 Å². The molecule has 0 heterocycles. The predicted octanol–water partition coefficient (Wildman–Crippen LogP) is 4.73. The molecule has 0 amide bonds. The summed E-state index contributed by atoms with van der Waals surface area (Å²) in [5.41, 5.74) is 1.000. The zero-order chi connectivity index (χ0) is 12.7. The summed E-state index contributed by atoms with van der Waals surface area (Å²) in [5.74, 6) is 0.892. The second-order valence-corrected chi connectivity index (χ2v) is 4.58. The van der Waals surface area contributed by atoms with Crippen molar-refractivity contribution in [3.8, 4) is 5.75 Å². The minimum atomic E-state index is 0.470. The quantitative estimate of drug-likeness (QED) is 0.761. The molecule has 3 heteroatoms. The van der Waals surface area contributed by atoms with Crippen molar-refractivity contribution in [1.82, 2.24) is 0 Å². The molecule has 2 nitrogen and oxygen atoms in total. The van der Waals surface area contributed by atoms with Gasteiger partial charge in [-0.25, -0.2) is 0 Å². The van der Waals surface area contributed by atoms with Gasteiger partial charge in [0.2, 0.25) is 0 Å². The predicted molar refractivity (Wildman–Crippen MR) is 75.2 cm³/mol. The monoisotopic (exact) mass is 255 g/mol. The van der Waals surface area contributed by atoms with Gasteiger partial charge in [-0.05, 0) is 37.5 Å². The van der Waals surface area contributed by atoms with Gasteiger partial charge in [0, 0.05) is 11.1 Å². The van der Waals surface area contributed by atoms with Crippen molar-refractivity contribution in [2.75, 3.05) is 11.9 Å². The number of hydrogen-bond acceptors (Lipinski definition) is 2. The van der Waals surface area contributed by atoms with E-state index in [2.05, 4.69) is 26.1 Å². The molecule has 0 aromatic heterocycles. The first-order valence-electron chi connectivity index (χ1n) is 6.40. The molecule has 0 spiro atoms. The van der Waals surface area contributed by atoms with Gasteiger partial charge in [0.05, 0.1) is 12.3 Å². The maximum atomic E-state index is 6.03. The Balaban J connectivity index is 2.82. The smallest absolute Gasteiger partial charge is 0.142 e. The van der Waals surface area contributed by atoms with Gasteiger partial charge in [0.25, 0.3) is 0 Å². The number of rotatable bonds is 7. The molecule has 0 bridgehead atoms. The van der Waals surface area contributed by atoms with Gasteiger partial charge in [-0.3, -0.25) is 0 Å². The third kappa shape index (κ3) is 4.47. The van der Waals surface area contributed by atoms with Gasteiger partial charge < -0.3 is 10.1 Å². The van der Waals surface area contributed by atoms with E-state index in [1.165, 1.54) is 0 Å². The molecule has 0 aliphatic heterocycles. The van der Waals surface area contributed by atoms with Crippen LogP contribution in [-0.2, 0) is 0 Å². The van der Waals surface area contributed by atoms with Crippen molar-refractivity contribution >= 4 is 17.3 Å². The maximum Gasteiger partial charge on any atom is 0.142 e. The highest BCUT2D eigenvalue weighted by atomic mass is 35.5. The third-order valence-corrected chi connectivity index (χ3v) is 2.98. The average molecular weight is 256 g/mol. The first-order chi connectivity index (χ1) is 8.21. The second kappa shape index (κ2) is 7.44. The first-order valence-corrected chi connectivity index (χ1v) is 6.77. The van der Waals surface area contributed by atoms with Crippen molar-refractivity contribution in [1.29, 1.82) is 0 Å². The van der Waals surface area contributed by atoms with E-state index in [9.17, 15) is 0 Å². The Morgan fingerprint density at radius 1 is 1.24 bits per heavy atom. The van der Waals surface area contributed by atoms with Crippen LogP contribution < -0.4 is 10.1 Å². The molecule has 0 radical (unpaired) electrons. The minimum absolute atomic E-state index is 0.470. The fourth-order valence-electron chi connectivity index (χ4n) is 1.67. The molecule has 0 fully saturated rings. The molecule has 0 aliphatic rings. The molecule has 1 aromatic rings. The van der Waals surface area contributed by atoms with E-state index in [0.717, 1.165) is 42.3 Å². The highest BCUT2D eigenvalue weighted by Crippen LogP contribution is 2.29. The van der Waals surface area contributed by atoms with Gasteiger partial charge in [-0.1, -0.05) is 32.4 Å². The van der Waals surface area contributed by atoms with Crippen LogP contribution in [0.2, 0.25) is 5.02 Å². The van der Waals surface area contributed by atoms with Crippen LogP contribution in [0.15, 0.2) is 18.2 Å². The van der Waals surface area contributed by atoms with Gasteiger partial charge in [-0.2, -0.15) is 0 Å². The number of hydrogen-bond donors (Lipinski definition) is 1.